The van der Waals surface area contributed by atoms with Crippen LogP contribution in [-0.4, -0.2) is 158 Å². The predicted molar refractivity (Wildman–Crippen MR) is 505 cm³/mol. The molecule has 6 N–H and O–H groups in total. The molecule has 0 aromatic heterocycles. The first-order valence-electron chi connectivity index (χ1n) is 43.0. The molecule has 6 aliphatic rings. The molecule has 16 nitrogen and oxygen atoms in total. The number of hydrogen-bond acceptors (Lipinski definition) is 13. The molecule has 0 bridgehead atoms. The average Bonchev–Trinajstić information content (AvgIpc) is 1.61. The maximum absolute atomic E-state index is 13.0. The number of amides is 3. The van der Waals surface area contributed by atoms with Gasteiger partial charge in [0.15, 0.2) is 16.6 Å². The number of carbonyl (C=O) groups excluding carboxylic acids is 3. The summed E-state index contributed by atoms with van der Waals surface area (Å²) in [6.07, 6.45) is 7.67. The largest absolute Gasteiger partial charge is 0.493 e. The van der Waals surface area contributed by atoms with E-state index in [1.165, 1.54) is 16.7 Å². The average molecular weight is 1910 g/mol. The highest BCUT2D eigenvalue weighted by atomic mass is 79.9. The fourth-order valence-corrected chi connectivity index (χ4v) is 22.3. The molecule has 0 unspecified atom stereocenters. The van der Waals surface area contributed by atoms with Gasteiger partial charge >= 0.3 is 0 Å². The van der Waals surface area contributed by atoms with Gasteiger partial charge in [-0.25, -0.2) is 0 Å². The van der Waals surface area contributed by atoms with Gasteiger partial charge in [0.2, 0.25) is 17.7 Å². The van der Waals surface area contributed by atoms with Gasteiger partial charge in [0.05, 0.1) is 69.1 Å². The maximum atomic E-state index is 13.0. The number of rotatable bonds is 30. The molecule has 3 saturated carbocycles. The lowest BCUT2D eigenvalue weighted by atomic mass is 9.56. The summed E-state index contributed by atoms with van der Waals surface area (Å²) in [5, 5.41) is 41.3. The van der Waals surface area contributed by atoms with Crippen LogP contribution < -0.4 is 30.2 Å². The molecule has 121 heavy (non-hydrogen) atoms. The molecule has 6 aromatic rings. The van der Waals surface area contributed by atoms with E-state index in [1.54, 1.807) is 0 Å². The van der Waals surface area contributed by atoms with Gasteiger partial charge in [0.25, 0.3) is 0 Å². The van der Waals surface area contributed by atoms with Crippen LogP contribution in [0.5, 0.6) is 17.2 Å². The van der Waals surface area contributed by atoms with E-state index in [1.807, 2.05) is 72.8 Å². The van der Waals surface area contributed by atoms with Crippen molar-refractivity contribution in [1.29, 1.82) is 0 Å². The van der Waals surface area contributed by atoms with Crippen molar-refractivity contribution in [2.75, 3.05) is 90.5 Å². The third kappa shape index (κ3) is 26.1. The van der Waals surface area contributed by atoms with Gasteiger partial charge in [-0.3, -0.25) is 14.4 Å². The predicted octanol–water partition coefficient (Wildman–Crippen LogP) is 23.4. The van der Waals surface area contributed by atoms with Gasteiger partial charge in [-0.15, -0.1) is 11.6 Å². The van der Waals surface area contributed by atoms with Crippen LogP contribution >= 0.6 is 97.1 Å². The number of halogens is 8. The van der Waals surface area contributed by atoms with E-state index < -0.39 is 22.0 Å². The first kappa shape index (κ1) is 102. The lowest BCUT2D eigenvalue weighted by molar-refractivity contribution is -0.130. The van der Waals surface area contributed by atoms with Gasteiger partial charge in [0, 0.05) is 110 Å². The summed E-state index contributed by atoms with van der Waals surface area (Å²) in [4.78, 5) is 38.7. The molecule has 26 heteroatoms. The minimum atomic E-state index is -1.74. The highest BCUT2D eigenvalue weighted by Gasteiger charge is 2.61. The number of fused-ring (bicyclic) bond motifs is 3. The zero-order chi connectivity index (χ0) is 89.0. The van der Waals surface area contributed by atoms with Gasteiger partial charge in [-0.1, -0.05) is 202 Å². The number of carbonyl (C=O) groups is 3. The van der Waals surface area contributed by atoms with E-state index in [9.17, 15) is 14.4 Å². The molecule has 0 radical (unpaired) electrons. The smallest absolute Gasteiger partial charge is 0.226 e. The van der Waals surface area contributed by atoms with Crippen LogP contribution in [0.3, 0.4) is 0 Å². The van der Waals surface area contributed by atoms with Crippen molar-refractivity contribution in [3.63, 3.8) is 0 Å². The number of nitrogens with one attached hydrogen (secondary N) is 3. The highest BCUT2D eigenvalue weighted by molar-refractivity contribution is 9.09. The van der Waals surface area contributed by atoms with Crippen LogP contribution in [0, 0.1) is 34.0 Å². The van der Waals surface area contributed by atoms with Crippen LogP contribution in [0.2, 0.25) is 66.4 Å². The Morgan fingerprint density at radius 2 is 0.719 bits per heavy atom. The Kier molecular flexibility index (Phi) is 39.0. The standard InChI is InChI=1S/C31H43Cl2NO3Si.C26H31Cl2NO4.C25H29Cl2NO3.C9H21BrOSi.C4H9ClO2/c1-20-28-27(21-9-11-22(32)12-10-21)25(15-16-31(28,5)29(35)34-20)24-14-13-23(19-26(24)33)36-17-8-18-37-38(6,7)30(2,3)4;1-16-24-23(17-3-5-18(27)6-4-17)21(9-10-26(24,2)25(31)29-16)20-8-7-19(15-22(20)28)33-14-13-32-12-11-30;1-15-23-22(16-4-6-17(26)7-5-16)20(10-11-25(23,2)24(30)28-15)19-9-8-18(14-21(19)27)31-13-3-12-29;1-9(2,3)12(4,5)11-8-6-7-10;5-1-3-7-4-2-6/h9-14,19-20,25,27-28H,8,15-18H2,1-7H3,(H,34,35);3-8,15-16,21,23-24,30H,9-14H2,1-2H3,(H,29,31);4-9,14-15,20,22-23,29H,3,10-13H2,1-2H3,(H,28,30);6-8H2,1-5H3;6H,1-4H2/t20-,25+,27+,28+,31-;16-,21+,23+,24+,26-;15-,20+,22+,23+,25-;;/m111../s1. The Morgan fingerprint density at radius 1 is 0.413 bits per heavy atom. The van der Waals surface area contributed by atoms with Crippen molar-refractivity contribution in [3.05, 3.63) is 191 Å². The minimum absolute atomic E-state index is 0.00350. The van der Waals surface area contributed by atoms with E-state index in [0.717, 1.165) is 90.8 Å². The van der Waals surface area contributed by atoms with Gasteiger partial charge in [-0.05, 0) is 244 Å². The molecule has 3 aliphatic heterocycles. The molecular formula is C95H133BrCl7N3O13Si2. The summed E-state index contributed by atoms with van der Waals surface area (Å²) in [5.74, 6) is 4.61. The normalized spacial score (nSPS) is 26.2. The number of alkyl halides is 2. The first-order valence-corrected chi connectivity index (χ1v) is 52.7. The van der Waals surface area contributed by atoms with Gasteiger partial charge in [0.1, 0.15) is 23.9 Å². The number of ether oxygens (including phenoxy) is 5. The first-order chi connectivity index (χ1) is 57.2. The number of aliphatic hydroxyl groups is 3. The maximum Gasteiger partial charge on any atom is 0.226 e. The quantitative estimate of drug-likeness (QED) is 0.0141. The van der Waals surface area contributed by atoms with Crippen LogP contribution in [0.4, 0.5) is 0 Å². The summed E-state index contributed by atoms with van der Waals surface area (Å²) < 4.78 is 39.7. The van der Waals surface area contributed by atoms with Crippen molar-refractivity contribution in [1.82, 2.24) is 16.0 Å². The third-order valence-corrected chi connectivity index (χ3v) is 38.4. The molecule has 0 spiro atoms. The molecule has 3 saturated heterocycles. The van der Waals surface area contributed by atoms with Crippen molar-refractivity contribution in [2.24, 2.45) is 34.0 Å². The third-order valence-electron chi connectivity index (χ3n) is 26.9. The molecule has 12 rings (SSSR count). The summed E-state index contributed by atoms with van der Waals surface area (Å²) >= 11 is 47.7. The van der Waals surface area contributed by atoms with E-state index in [-0.39, 0.29) is 125 Å². The van der Waals surface area contributed by atoms with E-state index >= 15 is 0 Å². The molecule has 3 amide bonds. The Labute approximate surface area is 767 Å². The summed E-state index contributed by atoms with van der Waals surface area (Å²) in [6.45, 7) is 40.2. The van der Waals surface area contributed by atoms with Crippen molar-refractivity contribution in [3.8, 4) is 17.2 Å². The monoisotopic (exact) mass is 1900 g/mol. The fraction of sp³-hybridized carbons (Fsp3) is 0.589. The zero-order valence-electron chi connectivity index (χ0n) is 73.8. The molecule has 670 valence electrons. The van der Waals surface area contributed by atoms with E-state index in [0.29, 0.717) is 107 Å². The van der Waals surface area contributed by atoms with Crippen molar-refractivity contribution < 1.29 is 62.2 Å². The van der Waals surface area contributed by atoms with Crippen LogP contribution in [0.25, 0.3) is 0 Å². The molecule has 6 aromatic carbocycles. The summed E-state index contributed by atoms with van der Waals surface area (Å²) in [5.41, 5.74) is 5.69. The number of hydrogen-bond donors (Lipinski definition) is 6. The highest BCUT2D eigenvalue weighted by Crippen LogP contribution is 2.63. The van der Waals surface area contributed by atoms with E-state index in [2.05, 4.69) is 196 Å². The second-order valence-corrected chi connectivity index (χ2v) is 50.3. The lowest BCUT2D eigenvalue weighted by Crippen LogP contribution is -2.42. The number of benzene rings is 6. The zero-order valence-corrected chi connectivity index (χ0v) is 82.6. The topological polar surface area (TPSA) is 213 Å². The minimum Gasteiger partial charge on any atom is -0.493 e. The molecule has 3 aliphatic carbocycles. The summed E-state index contributed by atoms with van der Waals surface area (Å²) in [6, 6.07) is 42.2. The number of aliphatic hydroxyl groups excluding tert-OH is 3. The molecule has 6 fully saturated rings. The lowest BCUT2D eigenvalue weighted by Gasteiger charge is -2.46. The van der Waals surface area contributed by atoms with Gasteiger partial charge in [-0.2, -0.15) is 0 Å². The second kappa shape index (κ2) is 46.2. The molecular weight excluding hydrogens is 1780 g/mol. The van der Waals surface area contributed by atoms with Crippen molar-refractivity contribution in [2.45, 2.75) is 231 Å². The Bertz CT molecular complexity index is 4270. The van der Waals surface area contributed by atoms with E-state index in [4.69, 9.17) is 129 Å². The second-order valence-electron chi connectivity index (χ2n) is 36.9. The fourth-order valence-electron chi connectivity index (χ4n) is 18.5. The Balaban J connectivity index is 0.000000204. The SMILES string of the molecule is CC(C)(C)[Si](C)(C)OCCCBr.C[C@H]1NC(=O)[C@]2(C)CC[C@@H](c3ccc(OCCCO)cc3Cl)[C@H](c3ccc(Cl)cc3)[C@H]12.C[C@H]1NC(=O)[C@]2(C)CC[C@@H](c3ccc(OCCCO[Si](C)(C)C(C)(C)C)cc3Cl)[C@H](c3ccc(Cl)cc3)[C@H]12.C[C@H]1NC(=O)[C@]2(C)CC[C@@H](c3ccc(OCCOCCO)cc3Cl)[C@H](c3ccc(Cl)cc3)[C@H]12.OCCOCCCl. The van der Waals surface area contributed by atoms with Crippen LogP contribution in [0.1, 0.15) is 210 Å². The Hall–Kier alpha value is -4.21. The molecule has 3 heterocycles. The van der Waals surface area contributed by atoms with Gasteiger partial charge < -0.3 is 63.8 Å². The van der Waals surface area contributed by atoms with Crippen LogP contribution in [0.15, 0.2) is 127 Å². The van der Waals surface area contributed by atoms with Crippen molar-refractivity contribution >= 4 is 131 Å². The molecule has 15 atom stereocenters. The summed E-state index contributed by atoms with van der Waals surface area (Å²) in [7, 11) is -3.20. The Morgan fingerprint density at radius 3 is 1.01 bits per heavy atom. The van der Waals surface area contributed by atoms with Crippen LogP contribution in [-0.2, 0) is 32.7 Å².